The number of nitrogens with one attached hydrogen (secondary N) is 1. The van der Waals surface area contributed by atoms with Crippen molar-refractivity contribution in [2.45, 2.75) is 29.4 Å². The standard InChI is InChI=1S/C30H32N4O8S2/c1-40-25-11-6-20(16-26(25)41-2)13-15-34-28(36)23-10-7-21(29(37)42-3)17-24(23)33-30(34)43-18-27(35)32-14-12-19-4-8-22(9-5-19)44(31,38)39/h4-11,16-17H,12-15,18H2,1-3H3,(H,32,35)(H2,31,38,39). The van der Waals surface area contributed by atoms with Gasteiger partial charge in [-0.25, -0.2) is 23.3 Å². The second-order valence-electron chi connectivity index (χ2n) is 9.59. The number of aromatic nitrogens is 2. The van der Waals surface area contributed by atoms with Crippen molar-refractivity contribution in [3.05, 3.63) is 87.7 Å². The highest BCUT2D eigenvalue weighted by Gasteiger charge is 2.16. The van der Waals surface area contributed by atoms with Crippen molar-refractivity contribution in [1.29, 1.82) is 0 Å². The smallest absolute Gasteiger partial charge is 0.337 e. The number of benzene rings is 3. The molecule has 1 heterocycles. The fraction of sp³-hybridized carbons (Fsp3) is 0.267. The van der Waals surface area contributed by atoms with Crippen LogP contribution >= 0.6 is 11.8 Å². The van der Waals surface area contributed by atoms with Gasteiger partial charge in [-0.3, -0.25) is 14.2 Å². The van der Waals surface area contributed by atoms with Crippen LogP contribution < -0.4 is 25.5 Å². The molecule has 1 amide bonds. The van der Waals surface area contributed by atoms with Gasteiger partial charge in [-0.05, 0) is 66.4 Å². The third kappa shape index (κ3) is 7.95. The summed E-state index contributed by atoms with van der Waals surface area (Å²) < 4.78 is 39.9. The van der Waals surface area contributed by atoms with Crippen molar-refractivity contribution in [3.63, 3.8) is 0 Å². The van der Waals surface area contributed by atoms with Gasteiger partial charge >= 0.3 is 5.97 Å². The molecule has 232 valence electrons. The van der Waals surface area contributed by atoms with Crippen LogP contribution in [0.2, 0.25) is 0 Å². The van der Waals surface area contributed by atoms with Crippen LogP contribution in [0.3, 0.4) is 0 Å². The van der Waals surface area contributed by atoms with E-state index in [4.69, 9.17) is 19.3 Å². The molecule has 3 aromatic carbocycles. The minimum absolute atomic E-state index is 0.0143. The SMILES string of the molecule is COC(=O)c1ccc2c(=O)n(CCc3ccc(OC)c(OC)c3)c(SCC(=O)NCCc3ccc(S(N)(=O)=O)cc3)nc2c1. The summed E-state index contributed by atoms with van der Waals surface area (Å²) in [5.41, 5.74) is 1.98. The number of aryl methyl sites for hydroxylation is 1. The number of sulfonamides is 1. The minimum atomic E-state index is -3.78. The summed E-state index contributed by atoms with van der Waals surface area (Å²) in [5.74, 6) is 0.301. The number of esters is 1. The molecule has 12 nitrogen and oxygen atoms in total. The second-order valence-corrected chi connectivity index (χ2v) is 12.1. The Morgan fingerprint density at radius 1 is 0.932 bits per heavy atom. The van der Waals surface area contributed by atoms with E-state index in [9.17, 15) is 22.8 Å². The van der Waals surface area contributed by atoms with E-state index < -0.39 is 16.0 Å². The van der Waals surface area contributed by atoms with Crippen LogP contribution in [0.5, 0.6) is 11.5 Å². The summed E-state index contributed by atoms with van der Waals surface area (Å²) >= 11 is 1.10. The molecular weight excluding hydrogens is 608 g/mol. The van der Waals surface area contributed by atoms with E-state index >= 15 is 0 Å². The summed E-state index contributed by atoms with van der Waals surface area (Å²) in [6, 6.07) is 16.2. The van der Waals surface area contributed by atoms with Crippen molar-refractivity contribution >= 4 is 44.6 Å². The van der Waals surface area contributed by atoms with Gasteiger partial charge in [0.25, 0.3) is 5.56 Å². The van der Waals surface area contributed by atoms with E-state index in [0.29, 0.717) is 46.9 Å². The van der Waals surface area contributed by atoms with Crippen LogP contribution in [0.1, 0.15) is 21.5 Å². The van der Waals surface area contributed by atoms with Crippen molar-refractivity contribution in [1.82, 2.24) is 14.9 Å². The molecule has 0 bridgehead atoms. The number of primary sulfonamides is 1. The van der Waals surface area contributed by atoms with Crippen molar-refractivity contribution in [2.75, 3.05) is 33.6 Å². The van der Waals surface area contributed by atoms with Crippen LogP contribution in [-0.2, 0) is 38.9 Å². The van der Waals surface area contributed by atoms with Gasteiger partial charge in [-0.15, -0.1) is 0 Å². The zero-order valence-corrected chi connectivity index (χ0v) is 26.0. The number of methoxy groups -OCH3 is 3. The third-order valence-corrected chi connectivity index (χ3v) is 8.64. The molecule has 0 unspecified atom stereocenters. The van der Waals surface area contributed by atoms with Gasteiger partial charge in [0, 0.05) is 13.1 Å². The molecule has 0 aliphatic rings. The Hall–Kier alpha value is -4.40. The zero-order chi connectivity index (χ0) is 31.9. The summed E-state index contributed by atoms with van der Waals surface area (Å²) in [6.45, 7) is 0.586. The maximum Gasteiger partial charge on any atom is 0.337 e. The van der Waals surface area contributed by atoms with E-state index in [0.717, 1.165) is 22.9 Å². The van der Waals surface area contributed by atoms with Crippen LogP contribution in [0.25, 0.3) is 10.9 Å². The highest BCUT2D eigenvalue weighted by atomic mass is 32.2. The first-order valence-corrected chi connectivity index (χ1v) is 15.9. The monoisotopic (exact) mass is 640 g/mol. The lowest BCUT2D eigenvalue weighted by molar-refractivity contribution is -0.118. The molecule has 44 heavy (non-hydrogen) atoms. The predicted molar refractivity (Wildman–Crippen MR) is 166 cm³/mol. The molecule has 14 heteroatoms. The number of hydrogen-bond acceptors (Lipinski definition) is 10. The highest BCUT2D eigenvalue weighted by Crippen LogP contribution is 2.28. The fourth-order valence-electron chi connectivity index (χ4n) is 4.40. The molecule has 0 saturated carbocycles. The molecule has 0 atom stereocenters. The second kappa shape index (κ2) is 14.4. The van der Waals surface area contributed by atoms with Crippen LogP contribution in [0.4, 0.5) is 0 Å². The number of hydrogen-bond donors (Lipinski definition) is 2. The van der Waals surface area contributed by atoms with E-state index in [1.807, 2.05) is 12.1 Å². The van der Waals surface area contributed by atoms with Crippen LogP contribution in [0, 0.1) is 0 Å². The average Bonchev–Trinajstić information content (AvgIpc) is 3.02. The first kappa shape index (κ1) is 32.5. The molecule has 0 saturated heterocycles. The first-order chi connectivity index (χ1) is 21.0. The van der Waals surface area contributed by atoms with Crippen LogP contribution in [0.15, 0.2) is 75.5 Å². The predicted octanol–water partition coefficient (Wildman–Crippen LogP) is 2.54. The number of rotatable bonds is 13. The fourth-order valence-corrected chi connectivity index (χ4v) is 5.77. The van der Waals surface area contributed by atoms with Gasteiger partial charge in [0.05, 0.1) is 48.4 Å². The lowest BCUT2D eigenvalue weighted by Crippen LogP contribution is -2.29. The molecule has 1 aromatic heterocycles. The van der Waals surface area contributed by atoms with E-state index in [1.165, 1.54) is 35.9 Å². The van der Waals surface area contributed by atoms with Gasteiger partial charge in [0.2, 0.25) is 15.9 Å². The Labute approximate surface area is 258 Å². The molecule has 4 aromatic rings. The van der Waals surface area contributed by atoms with Gasteiger partial charge in [-0.1, -0.05) is 30.0 Å². The number of fused-ring (bicyclic) bond motifs is 1. The number of nitrogens with zero attached hydrogens (tertiary/aromatic N) is 2. The lowest BCUT2D eigenvalue weighted by Gasteiger charge is -2.14. The largest absolute Gasteiger partial charge is 0.493 e. The summed E-state index contributed by atoms with van der Waals surface area (Å²) in [7, 11) is 0.591. The Morgan fingerprint density at radius 2 is 1.64 bits per heavy atom. The van der Waals surface area contributed by atoms with Gasteiger partial charge in [0.15, 0.2) is 16.7 Å². The molecule has 0 spiro atoms. The summed E-state index contributed by atoms with van der Waals surface area (Å²) in [5, 5.41) is 8.60. The molecular formula is C30H32N4O8S2. The average molecular weight is 641 g/mol. The number of carbonyl (C=O) groups is 2. The maximum atomic E-state index is 13.6. The minimum Gasteiger partial charge on any atom is -0.493 e. The van der Waals surface area contributed by atoms with Crippen LogP contribution in [-0.4, -0.2) is 63.5 Å². The zero-order valence-electron chi connectivity index (χ0n) is 24.4. The molecule has 0 aliphatic heterocycles. The Kier molecular flexibility index (Phi) is 10.6. The molecule has 3 N–H and O–H groups in total. The third-order valence-electron chi connectivity index (χ3n) is 6.73. The molecule has 0 radical (unpaired) electrons. The van der Waals surface area contributed by atoms with Crippen molar-refractivity contribution < 1.29 is 32.2 Å². The Morgan fingerprint density at radius 3 is 2.30 bits per heavy atom. The van der Waals surface area contributed by atoms with Gasteiger partial charge in [0.1, 0.15) is 0 Å². The van der Waals surface area contributed by atoms with Gasteiger partial charge in [-0.2, -0.15) is 0 Å². The highest BCUT2D eigenvalue weighted by molar-refractivity contribution is 7.99. The maximum absolute atomic E-state index is 13.6. The Balaban J connectivity index is 1.51. The van der Waals surface area contributed by atoms with E-state index in [1.54, 1.807) is 38.5 Å². The number of ether oxygens (including phenoxy) is 3. The van der Waals surface area contributed by atoms with E-state index in [2.05, 4.69) is 10.3 Å². The quantitative estimate of drug-likeness (QED) is 0.126. The summed E-state index contributed by atoms with van der Waals surface area (Å²) in [4.78, 5) is 43.1. The first-order valence-electron chi connectivity index (χ1n) is 13.4. The molecule has 0 fully saturated rings. The molecule has 0 aliphatic carbocycles. The van der Waals surface area contributed by atoms with Gasteiger partial charge < -0.3 is 19.5 Å². The summed E-state index contributed by atoms with van der Waals surface area (Å²) in [6.07, 6.45) is 0.944. The normalized spacial score (nSPS) is 11.3. The van der Waals surface area contributed by atoms with E-state index in [-0.39, 0.29) is 34.2 Å². The molecule has 4 rings (SSSR count). The Bertz CT molecular complexity index is 1840. The lowest BCUT2D eigenvalue weighted by atomic mass is 10.1. The topological polar surface area (TPSA) is 169 Å². The van der Waals surface area contributed by atoms with Crippen molar-refractivity contribution in [3.8, 4) is 11.5 Å². The number of carbonyl (C=O) groups excluding carboxylic acids is 2. The number of nitrogens with two attached hydrogens (primary N) is 1. The van der Waals surface area contributed by atoms with Crippen molar-refractivity contribution in [2.24, 2.45) is 5.14 Å². The number of amides is 1. The number of thioether (sulfide) groups is 1.